The van der Waals surface area contributed by atoms with Crippen molar-refractivity contribution >= 4 is 41.2 Å². The van der Waals surface area contributed by atoms with E-state index in [0.29, 0.717) is 24.7 Å². The smallest absolute Gasteiger partial charge is 0.372 e. The minimum atomic E-state index is -1.53. The lowest BCUT2D eigenvalue weighted by molar-refractivity contribution is -0.149. The molecule has 0 aromatic carbocycles. The van der Waals surface area contributed by atoms with Crippen LogP contribution in [0.1, 0.15) is 116 Å². The van der Waals surface area contributed by atoms with Gasteiger partial charge in [-0.2, -0.15) is 0 Å². The van der Waals surface area contributed by atoms with Crippen molar-refractivity contribution in [3.05, 3.63) is 12.2 Å². The number of hydrogen-bond acceptors (Lipinski definition) is 13. The SMILES string of the molecule is CC(=O)C(C)C.CC(C)/C=C/C(=O)O.CC(C)C(O)C(O)C(O)C(O)CO.CC(C)CC(=O)C(=O)O.CC(C)CC(O)C(=O)O.CC(C)CCC(=O)C(=O)O. The molecule has 10 N–H and O–H groups in total. The van der Waals surface area contributed by atoms with Crippen LogP contribution in [-0.2, 0) is 33.6 Å². The zero-order valence-electron chi connectivity index (χ0n) is 34.9. The normalized spacial score (nSPS) is 13.3. The number of aliphatic hydroxyl groups is 6. The molecule has 0 saturated carbocycles. The molecule has 0 heterocycles. The number of carboxylic acids is 4. The minimum Gasteiger partial charge on any atom is -0.479 e. The fraction of sp³-hybridized carbons (Fsp3) is 0.763. The van der Waals surface area contributed by atoms with Gasteiger partial charge < -0.3 is 51.1 Å². The summed E-state index contributed by atoms with van der Waals surface area (Å²) in [6, 6.07) is 0. The van der Waals surface area contributed by atoms with Gasteiger partial charge in [-0.15, -0.1) is 0 Å². The molecule has 0 bridgehead atoms. The van der Waals surface area contributed by atoms with Gasteiger partial charge in [0, 0.05) is 24.8 Å². The van der Waals surface area contributed by atoms with Gasteiger partial charge in [0.25, 0.3) is 0 Å². The molecule has 0 aliphatic heterocycles. The number of aliphatic hydroxyl groups excluding tert-OH is 6. The van der Waals surface area contributed by atoms with E-state index in [4.69, 9.17) is 35.7 Å². The van der Waals surface area contributed by atoms with Crippen LogP contribution in [0, 0.1) is 35.5 Å². The summed E-state index contributed by atoms with van der Waals surface area (Å²) in [7, 11) is 0. The Morgan fingerprint density at radius 2 is 1.00 bits per heavy atom. The first-order valence-electron chi connectivity index (χ1n) is 18.0. The number of allylic oxidation sites excluding steroid dienone is 1. The fourth-order valence-corrected chi connectivity index (χ4v) is 2.74. The summed E-state index contributed by atoms with van der Waals surface area (Å²) in [6.45, 7) is 23.2. The molecule has 0 amide bonds. The molecule has 0 radical (unpaired) electrons. The molecule has 326 valence electrons. The molecule has 0 saturated heterocycles. The Hall–Kier alpha value is -3.61. The quantitative estimate of drug-likeness (QED) is 0.0704. The maximum Gasteiger partial charge on any atom is 0.372 e. The first-order valence-corrected chi connectivity index (χ1v) is 18.0. The van der Waals surface area contributed by atoms with Crippen molar-refractivity contribution in [3.63, 3.8) is 0 Å². The molecule has 5 unspecified atom stereocenters. The van der Waals surface area contributed by atoms with Crippen molar-refractivity contribution in [2.24, 2.45) is 35.5 Å². The Morgan fingerprint density at radius 3 is 1.18 bits per heavy atom. The Bertz CT molecular complexity index is 1090. The third-order valence-corrected chi connectivity index (χ3v) is 6.40. The van der Waals surface area contributed by atoms with E-state index in [1.807, 2.05) is 55.4 Å². The number of aliphatic carboxylic acids is 4. The highest BCUT2D eigenvalue weighted by Crippen LogP contribution is 2.12. The van der Waals surface area contributed by atoms with Crippen LogP contribution in [0.2, 0.25) is 0 Å². The predicted molar refractivity (Wildman–Crippen MR) is 205 cm³/mol. The maximum atomic E-state index is 10.4. The van der Waals surface area contributed by atoms with Gasteiger partial charge in [0.05, 0.1) is 12.7 Å². The number of carbonyl (C=O) groups excluding carboxylic acids is 3. The zero-order chi connectivity index (χ0) is 45.3. The highest BCUT2D eigenvalue weighted by molar-refractivity contribution is 6.33. The van der Waals surface area contributed by atoms with Crippen LogP contribution < -0.4 is 0 Å². The van der Waals surface area contributed by atoms with Gasteiger partial charge in [-0.05, 0) is 49.4 Å². The topological polar surface area (TPSA) is 322 Å². The van der Waals surface area contributed by atoms with Crippen molar-refractivity contribution in [3.8, 4) is 0 Å². The van der Waals surface area contributed by atoms with Crippen molar-refractivity contribution in [1.29, 1.82) is 0 Å². The highest BCUT2D eigenvalue weighted by atomic mass is 16.4. The molecule has 0 fully saturated rings. The Morgan fingerprint density at radius 1 is 0.582 bits per heavy atom. The van der Waals surface area contributed by atoms with Crippen molar-refractivity contribution in [2.75, 3.05) is 6.61 Å². The molecule has 0 spiro atoms. The lowest BCUT2D eigenvalue weighted by Gasteiger charge is -2.27. The molecule has 17 nitrogen and oxygen atoms in total. The van der Waals surface area contributed by atoms with Gasteiger partial charge in [0.1, 0.15) is 24.1 Å². The van der Waals surface area contributed by atoms with E-state index >= 15 is 0 Å². The van der Waals surface area contributed by atoms with E-state index < -0.39 is 72.6 Å². The Kier molecular flexibility index (Phi) is 43.0. The average Bonchev–Trinajstić information content (AvgIpc) is 3.05. The second kappa shape index (κ2) is 37.3. The van der Waals surface area contributed by atoms with E-state index in [9.17, 15) is 48.9 Å². The van der Waals surface area contributed by atoms with E-state index in [1.54, 1.807) is 40.7 Å². The van der Waals surface area contributed by atoms with Crippen LogP contribution in [-0.4, -0.2) is 129 Å². The molecule has 55 heavy (non-hydrogen) atoms. The highest BCUT2D eigenvalue weighted by Gasteiger charge is 2.31. The summed E-state index contributed by atoms with van der Waals surface area (Å²) in [5.74, 6) is -4.72. The van der Waals surface area contributed by atoms with E-state index in [-0.39, 0.29) is 42.3 Å². The molecule has 0 aromatic heterocycles. The third kappa shape index (κ3) is 50.4. The zero-order valence-corrected chi connectivity index (χ0v) is 34.9. The van der Waals surface area contributed by atoms with E-state index in [2.05, 4.69) is 0 Å². The molecule has 0 rings (SSSR count). The van der Waals surface area contributed by atoms with Crippen LogP contribution >= 0.6 is 0 Å². The Labute approximate surface area is 326 Å². The molecule has 0 aliphatic rings. The van der Waals surface area contributed by atoms with Crippen LogP contribution in [0.25, 0.3) is 0 Å². The second-order valence-electron chi connectivity index (χ2n) is 14.6. The molecular weight excluding hydrogens is 728 g/mol. The summed E-state index contributed by atoms with van der Waals surface area (Å²) in [5, 5.41) is 86.4. The fourth-order valence-electron chi connectivity index (χ4n) is 2.74. The van der Waals surface area contributed by atoms with Crippen LogP contribution in [0.5, 0.6) is 0 Å². The van der Waals surface area contributed by atoms with Gasteiger partial charge in [0.2, 0.25) is 11.6 Å². The number of carboxylic acid groups (broad SMARTS) is 4. The summed E-state index contributed by atoms with van der Waals surface area (Å²) in [5.41, 5.74) is 0. The van der Waals surface area contributed by atoms with E-state index in [0.717, 1.165) is 6.08 Å². The molecule has 0 aromatic rings. The number of Topliss-reactive ketones (excluding diaryl/α,β-unsaturated/α-hetero) is 3. The summed E-state index contributed by atoms with van der Waals surface area (Å²) < 4.78 is 0. The summed E-state index contributed by atoms with van der Waals surface area (Å²) in [6.07, 6.45) is -2.62. The minimum absolute atomic E-state index is 0.133. The Balaban J connectivity index is -0.000000133. The van der Waals surface area contributed by atoms with Crippen molar-refractivity contribution in [2.45, 2.75) is 146 Å². The lowest BCUT2D eigenvalue weighted by Crippen LogP contribution is -2.47. The van der Waals surface area contributed by atoms with Gasteiger partial charge in [0.15, 0.2) is 6.10 Å². The predicted octanol–water partition coefficient (Wildman–Crippen LogP) is 2.83. The van der Waals surface area contributed by atoms with Crippen LogP contribution in [0.3, 0.4) is 0 Å². The first kappa shape index (κ1) is 63.3. The van der Waals surface area contributed by atoms with Gasteiger partial charge in [-0.1, -0.05) is 89.2 Å². The third-order valence-electron chi connectivity index (χ3n) is 6.40. The molecular formula is C38H72O17. The van der Waals surface area contributed by atoms with Crippen LogP contribution in [0.4, 0.5) is 0 Å². The van der Waals surface area contributed by atoms with Crippen molar-refractivity contribution in [1.82, 2.24) is 0 Å². The lowest BCUT2D eigenvalue weighted by atomic mass is 9.95. The van der Waals surface area contributed by atoms with Crippen LogP contribution in [0.15, 0.2) is 12.2 Å². The summed E-state index contributed by atoms with van der Waals surface area (Å²) in [4.78, 5) is 70.6. The maximum absolute atomic E-state index is 10.4. The number of hydrogen-bond donors (Lipinski definition) is 10. The standard InChI is InChI=1S/C8H18O5.C7H12O3.C6H12O3.C6H10O3.C6H10O2.C5H10O/c1-4(2)6(11)8(13)7(12)5(10)3-9;1-5(2)3-4-6(8)7(9)10;2*1-4(2)3-5(7)6(8)9;1-5(2)3-4-6(7)8;1-4(2)5(3)6/h4-13H,3H2,1-2H3;5H,3-4H2,1-2H3,(H,9,10);4-5,7H,3H2,1-2H3,(H,8,9);4H,3H2,1-2H3,(H,8,9);3-5H,1-2H3,(H,7,8);4H,1-3H3/b;;;;4-3+;. The number of carbonyl (C=O) groups is 7. The molecule has 17 heteroatoms. The average molecular weight is 801 g/mol. The van der Waals surface area contributed by atoms with E-state index in [1.165, 1.54) is 0 Å². The van der Waals surface area contributed by atoms with Crippen molar-refractivity contribution < 1.29 is 84.6 Å². The number of ketones is 3. The summed E-state index contributed by atoms with van der Waals surface area (Å²) >= 11 is 0. The largest absolute Gasteiger partial charge is 0.479 e. The monoisotopic (exact) mass is 800 g/mol. The van der Waals surface area contributed by atoms with Gasteiger partial charge >= 0.3 is 23.9 Å². The second-order valence-corrected chi connectivity index (χ2v) is 14.6. The first-order chi connectivity index (χ1) is 24.8. The van der Waals surface area contributed by atoms with Gasteiger partial charge in [-0.3, -0.25) is 14.4 Å². The number of rotatable bonds is 18. The molecule has 0 aliphatic carbocycles. The molecule has 5 atom stereocenters. The van der Waals surface area contributed by atoms with Gasteiger partial charge in [-0.25, -0.2) is 19.2 Å².